The number of hydrogen-bond acceptors (Lipinski definition) is 4. The molecule has 0 aliphatic rings. The second-order valence-corrected chi connectivity index (χ2v) is 5.08. The molecule has 19 heavy (non-hydrogen) atoms. The second-order valence-electron chi connectivity index (χ2n) is 5.08. The minimum Gasteiger partial charge on any atom is -0.339 e. The largest absolute Gasteiger partial charge is 0.339 e. The molecule has 1 unspecified atom stereocenters. The van der Waals surface area contributed by atoms with E-state index in [1.807, 2.05) is 20.8 Å². The van der Waals surface area contributed by atoms with E-state index in [0.29, 0.717) is 29.6 Å². The SMILES string of the molecule is Cc1ccc(F)cc1-c1noc(CC(N)C(C)C)n1. The summed E-state index contributed by atoms with van der Waals surface area (Å²) in [7, 11) is 0. The number of benzene rings is 1. The first-order valence-electron chi connectivity index (χ1n) is 6.32. The summed E-state index contributed by atoms with van der Waals surface area (Å²) < 4.78 is 18.4. The van der Waals surface area contributed by atoms with Crippen molar-refractivity contribution < 1.29 is 8.91 Å². The van der Waals surface area contributed by atoms with Crippen LogP contribution in [0, 0.1) is 18.7 Å². The molecule has 0 aliphatic heterocycles. The number of halogens is 1. The lowest BCUT2D eigenvalue weighted by atomic mass is 10.0. The Morgan fingerprint density at radius 3 is 2.79 bits per heavy atom. The Labute approximate surface area is 111 Å². The van der Waals surface area contributed by atoms with Gasteiger partial charge in [-0.25, -0.2) is 4.39 Å². The first-order chi connectivity index (χ1) is 8.97. The zero-order valence-corrected chi connectivity index (χ0v) is 11.4. The Morgan fingerprint density at radius 2 is 2.11 bits per heavy atom. The highest BCUT2D eigenvalue weighted by atomic mass is 19.1. The van der Waals surface area contributed by atoms with E-state index < -0.39 is 0 Å². The highest BCUT2D eigenvalue weighted by Gasteiger charge is 2.16. The van der Waals surface area contributed by atoms with E-state index in [1.54, 1.807) is 6.07 Å². The maximum Gasteiger partial charge on any atom is 0.228 e. The highest BCUT2D eigenvalue weighted by molar-refractivity contribution is 5.59. The topological polar surface area (TPSA) is 64.9 Å². The third-order valence-corrected chi connectivity index (χ3v) is 3.18. The standard InChI is InChI=1S/C14H18FN3O/c1-8(2)12(16)7-13-17-14(18-19-13)11-6-10(15)5-4-9(11)3/h4-6,8,12H,7,16H2,1-3H3. The van der Waals surface area contributed by atoms with Crippen LogP contribution in [0.3, 0.4) is 0 Å². The number of aryl methyl sites for hydroxylation is 1. The van der Waals surface area contributed by atoms with Gasteiger partial charge in [0, 0.05) is 18.0 Å². The Kier molecular flexibility index (Phi) is 3.95. The fourth-order valence-electron chi connectivity index (χ4n) is 1.72. The van der Waals surface area contributed by atoms with Crippen molar-refractivity contribution in [2.45, 2.75) is 33.2 Å². The predicted molar refractivity (Wildman–Crippen MR) is 70.9 cm³/mol. The van der Waals surface area contributed by atoms with Crippen LogP contribution < -0.4 is 5.73 Å². The van der Waals surface area contributed by atoms with Crippen LogP contribution in [0.1, 0.15) is 25.3 Å². The Balaban J connectivity index is 2.23. The van der Waals surface area contributed by atoms with Crippen LogP contribution in [0.25, 0.3) is 11.4 Å². The van der Waals surface area contributed by atoms with Crippen LogP contribution >= 0.6 is 0 Å². The predicted octanol–water partition coefficient (Wildman–Crippen LogP) is 2.71. The van der Waals surface area contributed by atoms with Gasteiger partial charge in [0.05, 0.1) is 0 Å². The molecule has 2 aromatic rings. The van der Waals surface area contributed by atoms with E-state index in [1.165, 1.54) is 12.1 Å². The molecular weight excluding hydrogens is 245 g/mol. The van der Waals surface area contributed by atoms with Gasteiger partial charge in [0.25, 0.3) is 0 Å². The van der Waals surface area contributed by atoms with E-state index in [0.717, 1.165) is 5.56 Å². The third kappa shape index (κ3) is 3.17. The van der Waals surface area contributed by atoms with Crippen molar-refractivity contribution in [3.63, 3.8) is 0 Å². The molecule has 0 fully saturated rings. The van der Waals surface area contributed by atoms with E-state index in [2.05, 4.69) is 10.1 Å². The second kappa shape index (κ2) is 5.48. The Morgan fingerprint density at radius 1 is 1.37 bits per heavy atom. The average Bonchev–Trinajstić information content (AvgIpc) is 2.80. The molecule has 1 atom stereocenters. The van der Waals surface area contributed by atoms with Gasteiger partial charge in [-0.3, -0.25) is 0 Å². The highest BCUT2D eigenvalue weighted by Crippen LogP contribution is 2.22. The summed E-state index contributed by atoms with van der Waals surface area (Å²) in [4.78, 5) is 4.28. The summed E-state index contributed by atoms with van der Waals surface area (Å²) in [5, 5.41) is 3.89. The Bertz CT molecular complexity index is 566. The van der Waals surface area contributed by atoms with Gasteiger partial charge in [0.2, 0.25) is 11.7 Å². The summed E-state index contributed by atoms with van der Waals surface area (Å²) in [6.45, 7) is 5.96. The molecular formula is C14H18FN3O. The normalized spacial score (nSPS) is 12.9. The van der Waals surface area contributed by atoms with Crippen molar-refractivity contribution in [3.05, 3.63) is 35.5 Å². The minimum atomic E-state index is -0.314. The first kappa shape index (κ1) is 13.7. The van der Waals surface area contributed by atoms with Crippen LogP contribution in [-0.4, -0.2) is 16.2 Å². The van der Waals surface area contributed by atoms with Gasteiger partial charge in [-0.1, -0.05) is 25.1 Å². The fraction of sp³-hybridized carbons (Fsp3) is 0.429. The van der Waals surface area contributed by atoms with E-state index in [9.17, 15) is 4.39 Å². The molecule has 2 rings (SSSR count). The van der Waals surface area contributed by atoms with Gasteiger partial charge < -0.3 is 10.3 Å². The van der Waals surface area contributed by atoms with Gasteiger partial charge in [0.15, 0.2) is 0 Å². The number of hydrogen-bond donors (Lipinski definition) is 1. The summed E-state index contributed by atoms with van der Waals surface area (Å²) in [6, 6.07) is 4.49. The fourth-order valence-corrected chi connectivity index (χ4v) is 1.72. The Hall–Kier alpha value is -1.75. The maximum atomic E-state index is 13.2. The smallest absolute Gasteiger partial charge is 0.228 e. The monoisotopic (exact) mass is 263 g/mol. The molecule has 0 aliphatic carbocycles. The van der Waals surface area contributed by atoms with Crippen molar-refractivity contribution >= 4 is 0 Å². The molecule has 1 heterocycles. The molecule has 4 nitrogen and oxygen atoms in total. The van der Waals surface area contributed by atoms with Crippen LogP contribution in [0.15, 0.2) is 22.7 Å². The molecule has 0 bridgehead atoms. The molecule has 0 spiro atoms. The van der Waals surface area contributed by atoms with Gasteiger partial charge in [0.1, 0.15) is 5.82 Å². The number of aromatic nitrogens is 2. The van der Waals surface area contributed by atoms with Gasteiger partial charge in [-0.2, -0.15) is 4.98 Å². The number of rotatable bonds is 4. The van der Waals surface area contributed by atoms with Crippen LogP contribution in [0.2, 0.25) is 0 Å². The molecule has 0 radical (unpaired) electrons. The first-order valence-corrected chi connectivity index (χ1v) is 6.32. The molecule has 1 aromatic heterocycles. The molecule has 2 N–H and O–H groups in total. The quantitative estimate of drug-likeness (QED) is 0.921. The summed E-state index contributed by atoms with van der Waals surface area (Å²) in [5.41, 5.74) is 7.51. The van der Waals surface area contributed by atoms with Gasteiger partial charge >= 0.3 is 0 Å². The van der Waals surface area contributed by atoms with Crippen molar-refractivity contribution in [1.29, 1.82) is 0 Å². The minimum absolute atomic E-state index is 0.0260. The summed E-state index contributed by atoms with van der Waals surface area (Å²) in [5.74, 6) is 0.917. The van der Waals surface area contributed by atoms with E-state index in [-0.39, 0.29) is 11.9 Å². The third-order valence-electron chi connectivity index (χ3n) is 3.18. The lowest BCUT2D eigenvalue weighted by Crippen LogP contribution is -2.28. The number of nitrogens with zero attached hydrogens (tertiary/aromatic N) is 2. The van der Waals surface area contributed by atoms with Crippen molar-refractivity contribution in [1.82, 2.24) is 10.1 Å². The molecule has 1 aromatic carbocycles. The average molecular weight is 263 g/mol. The lowest BCUT2D eigenvalue weighted by Gasteiger charge is -2.11. The van der Waals surface area contributed by atoms with Crippen LogP contribution in [0.5, 0.6) is 0 Å². The van der Waals surface area contributed by atoms with E-state index in [4.69, 9.17) is 10.3 Å². The number of nitrogens with two attached hydrogens (primary N) is 1. The molecule has 0 saturated heterocycles. The lowest BCUT2D eigenvalue weighted by molar-refractivity contribution is 0.353. The van der Waals surface area contributed by atoms with E-state index >= 15 is 0 Å². The molecule has 0 amide bonds. The van der Waals surface area contributed by atoms with Crippen LogP contribution in [0.4, 0.5) is 4.39 Å². The maximum absolute atomic E-state index is 13.2. The van der Waals surface area contributed by atoms with Crippen LogP contribution in [-0.2, 0) is 6.42 Å². The van der Waals surface area contributed by atoms with Gasteiger partial charge in [-0.15, -0.1) is 0 Å². The zero-order valence-electron chi connectivity index (χ0n) is 11.4. The molecule has 102 valence electrons. The zero-order chi connectivity index (χ0) is 14.0. The van der Waals surface area contributed by atoms with Crippen molar-refractivity contribution in [2.75, 3.05) is 0 Å². The van der Waals surface area contributed by atoms with Gasteiger partial charge in [-0.05, 0) is 30.5 Å². The van der Waals surface area contributed by atoms with Crippen molar-refractivity contribution in [3.8, 4) is 11.4 Å². The molecule has 0 saturated carbocycles. The van der Waals surface area contributed by atoms with Crippen molar-refractivity contribution in [2.24, 2.45) is 11.7 Å². The summed E-state index contributed by atoms with van der Waals surface area (Å²) in [6.07, 6.45) is 0.527. The summed E-state index contributed by atoms with van der Waals surface area (Å²) >= 11 is 0. The molecule has 5 heteroatoms.